The number of aromatic nitrogens is 1. The molecule has 1 N–H and O–H groups in total. The van der Waals surface area contributed by atoms with Gasteiger partial charge < -0.3 is 5.32 Å². The fraction of sp³-hybridized carbons (Fsp3) is 0.214. The molecule has 2 aromatic rings. The van der Waals surface area contributed by atoms with Crippen LogP contribution < -0.4 is 5.32 Å². The Balaban J connectivity index is 1.86. The lowest BCUT2D eigenvalue weighted by molar-refractivity contribution is 0.862. The summed E-state index contributed by atoms with van der Waals surface area (Å²) in [6.07, 6.45) is 0. The van der Waals surface area contributed by atoms with Crippen LogP contribution in [0, 0.1) is 0 Å². The molecule has 3 rings (SSSR count). The molecule has 4 heteroatoms. The first-order valence-corrected chi connectivity index (χ1v) is 7.41. The lowest BCUT2D eigenvalue weighted by Crippen LogP contribution is -2.19. The van der Waals surface area contributed by atoms with Crippen molar-refractivity contribution in [2.45, 2.75) is 11.8 Å². The zero-order valence-corrected chi connectivity index (χ0v) is 11.3. The Bertz CT molecular complexity index is 559. The van der Waals surface area contributed by atoms with Gasteiger partial charge in [-0.3, -0.25) is 0 Å². The number of benzene rings is 1. The van der Waals surface area contributed by atoms with E-state index in [1.807, 2.05) is 23.9 Å². The van der Waals surface area contributed by atoms with E-state index in [1.165, 1.54) is 11.1 Å². The largest absolute Gasteiger partial charge is 0.362 e. The zero-order valence-electron chi connectivity index (χ0n) is 9.77. The number of rotatable bonds is 2. The van der Waals surface area contributed by atoms with E-state index >= 15 is 0 Å². The maximum atomic E-state index is 5.91. The highest BCUT2D eigenvalue weighted by Gasteiger charge is 2.20. The van der Waals surface area contributed by atoms with E-state index in [0.29, 0.717) is 11.2 Å². The second-order valence-electron chi connectivity index (χ2n) is 4.26. The normalized spacial score (nSPS) is 18.2. The SMILES string of the molecule is Clc1cccc(NC2CSCc3ccccc32)n1. The predicted octanol–water partition coefficient (Wildman–Crippen LogP) is 4.14. The average molecular weight is 277 g/mol. The topological polar surface area (TPSA) is 24.9 Å². The van der Waals surface area contributed by atoms with Gasteiger partial charge in [0.2, 0.25) is 0 Å². The molecule has 0 radical (unpaired) electrons. The molecule has 0 saturated heterocycles. The van der Waals surface area contributed by atoms with Crippen molar-refractivity contribution in [2.75, 3.05) is 11.1 Å². The quantitative estimate of drug-likeness (QED) is 0.835. The second-order valence-corrected chi connectivity index (χ2v) is 5.67. The van der Waals surface area contributed by atoms with Gasteiger partial charge in [0.15, 0.2) is 0 Å². The van der Waals surface area contributed by atoms with Crippen LogP contribution in [-0.4, -0.2) is 10.7 Å². The molecule has 1 aromatic carbocycles. The number of nitrogens with zero attached hydrogens (tertiary/aromatic N) is 1. The number of hydrogen-bond acceptors (Lipinski definition) is 3. The summed E-state index contributed by atoms with van der Waals surface area (Å²) >= 11 is 7.85. The molecule has 1 unspecified atom stereocenters. The van der Waals surface area contributed by atoms with Gasteiger partial charge in [0.1, 0.15) is 11.0 Å². The van der Waals surface area contributed by atoms with Gasteiger partial charge in [-0.25, -0.2) is 4.98 Å². The number of pyridine rings is 1. The van der Waals surface area contributed by atoms with Crippen molar-refractivity contribution in [3.05, 3.63) is 58.7 Å². The maximum Gasteiger partial charge on any atom is 0.131 e. The van der Waals surface area contributed by atoms with Crippen molar-refractivity contribution in [1.82, 2.24) is 4.98 Å². The molecule has 1 aliphatic rings. The third kappa shape index (κ3) is 2.47. The van der Waals surface area contributed by atoms with E-state index in [0.717, 1.165) is 17.3 Å². The minimum Gasteiger partial charge on any atom is -0.362 e. The van der Waals surface area contributed by atoms with Crippen molar-refractivity contribution in [3.63, 3.8) is 0 Å². The van der Waals surface area contributed by atoms with Gasteiger partial charge in [0.25, 0.3) is 0 Å². The Labute approximate surface area is 116 Å². The summed E-state index contributed by atoms with van der Waals surface area (Å²) in [5, 5.41) is 3.99. The third-order valence-corrected chi connectivity index (χ3v) is 4.30. The molecule has 2 nitrogen and oxygen atoms in total. The van der Waals surface area contributed by atoms with E-state index in [1.54, 1.807) is 6.07 Å². The fourth-order valence-corrected chi connectivity index (χ4v) is 3.43. The van der Waals surface area contributed by atoms with Crippen LogP contribution in [0.2, 0.25) is 5.15 Å². The molecule has 1 aromatic heterocycles. The fourth-order valence-electron chi connectivity index (χ4n) is 2.17. The van der Waals surface area contributed by atoms with Crippen molar-refractivity contribution in [1.29, 1.82) is 0 Å². The van der Waals surface area contributed by atoms with Crippen LogP contribution in [0.1, 0.15) is 17.2 Å². The van der Waals surface area contributed by atoms with E-state index < -0.39 is 0 Å². The summed E-state index contributed by atoms with van der Waals surface area (Å²) in [4.78, 5) is 4.29. The molecular formula is C14H13ClN2S. The van der Waals surface area contributed by atoms with Gasteiger partial charge in [-0.15, -0.1) is 0 Å². The van der Waals surface area contributed by atoms with Gasteiger partial charge in [0.05, 0.1) is 6.04 Å². The molecule has 0 aliphatic carbocycles. The number of thioether (sulfide) groups is 1. The molecule has 0 amide bonds. The van der Waals surface area contributed by atoms with Gasteiger partial charge in [-0.2, -0.15) is 11.8 Å². The summed E-state index contributed by atoms with van der Waals surface area (Å²) in [7, 11) is 0. The van der Waals surface area contributed by atoms with Gasteiger partial charge in [-0.05, 0) is 23.3 Å². The Morgan fingerprint density at radius 3 is 2.94 bits per heavy atom. The van der Waals surface area contributed by atoms with Crippen LogP contribution in [0.5, 0.6) is 0 Å². The summed E-state index contributed by atoms with van der Waals surface area (Å²) in [5.41, 5.74) is 2.78. The second kappa shape index (κ2) is 5.21. The molecule has 2 heterocycles. The molecule has 0 bridgehead atoms. The van der Waals surface area contributed by atoms with Gasteiger partial charge in [-0.1, -0.05) is 41.9 Å². The first-order chi connectivity index (χ1) is 8.83. The predicted molar refractivity (Wildman–Crippen MR) is 78.2 cm³/mol. The summed E-state index contributed by atoms with van der Waals surface area (Å²) < 4.78 is 0. The van der Waals surface area contributed by atoms with Gasteiger partial charge >= 0.3 is 0 Å². The van der Waals surface area contributed by atoms with Crippen molar-refractivity contribution < 1.29 is 0 Å². The minimum atomic E-state index is 0.311. The van der Waals surface area contributed by atoms with Crippen molar-refractivity contribution in [3.8, 4) is 0 Å². The van der Waals surface area contributed by atoms with Crippen LogP contribution in [0.3, 0.4) is 0 Å². The Morgan fingerprint density at radius 2 is 2.06 bits per heavy atom. The first-order valence-electron chi connectivity index (χ1n) is 5.87. The monoisotopic (exact) mass is 276 g/mol. The van der Waals surface area contributed by atoms with E-state index in [9.17, 15) is 0 Å². The smallest absolute Gasteiger partial charge is 0.131 e. The van der Waals surface area contributed by atoms with Crippen LogP contribution in [0.4, 0.5) is 5.82 Å². The molecule has 1 aliphatic heterocycles. The van der Waals surface area contributed by atoms with Crippen LogP contribution in [-0.2, 0) is 5.75 Å². The van der Waals surface area contributed by atoms with Crippen LogP contribution >= 0.6 is 23.4 Å². The van der Waals surface area contributed by atoms with Crippen LogP contribution in [0.15, 0.2) is 42.5 Å². The molecule has 0 fully saturated rings. The third-order valence-electron chi connectivity index (χ3n) is 3.01. The number of halogens is 1. The van der Waals surface area contributed by atoms with E-state index in [-0.39, 0.29) is 0 Å². The molecule has 92 valence electrons. The summed E-state index contributed by atoms with van der Waals surface area (Å²) in [6, 6.07) is 14.5. The van der Waals surface area contributed by atoms with E-state index in [2.05, 4.69) is 34.6 Å². The first kappa shape index (κ1) is 11.9. The Kier molecular flexibility index (Phi) is 3.43. The highest BCUT2D eigenvalue weighted by atomic mass is 35.5. The Hall–Kier alpha value is -1.19. The molecule has 0 spiro atoms. The lowest BCUT2D eigenvalue weighted by Gasteiger charge is -2.26. The molecule has 0 saturated carbocycles. The van der Waals surface area contributed by atoms with Crippen LogP contribution in [0.25, 0.3) is 0 Å². The lowest BCUT2D eigenvalue weighted by atomic mass is 10.0. The Morgan fingerprint density at radius 1 is 1.17 bits per heavy atom. The van der Waals surface area contributed by atoms with Crippen molar-refractivity contribution >= 4 is 29.2 Å². The highest BCUT2D eigenvalue weighted by Crippen LogP contribution is 2.33. The van der Waals surface area contributed by atoms with Crippen molar-refractivity contribution in [2.24, 2.45) is 0 Å². The number of anilines is 1. The summed E-state index contributed by atoms with van der Waals surface area (Å²) in [5.74, 6) is 2.99. The zero-order chi connectivity index (χ0) is 12.4. The highest BCUT2D eigenvalue weighted by molar-refractivity contribution is 7.98. The minimum absolute atomic E-state index is 0.311. The number of nitrogens with one attached hydrogen (secondary N) is 1. The molecule has 1 atom stereocenters. The van der Waals surface area contributed by atoms with E-state index in [4.69, 9.17) is 11.6 Å². The molecule has 18 heavy (non-hydrogen) atoms. The standard InChI is InChI=1S/C14H13ClN2S/c15-13-6-3-7-14(17-13)16-12-9-18-8-10-4-1-2-5-11(10)12/h1-7,12H,8-9H2,(H,16,17). The van der Waals surface area contributed by atoms with Gasteiger partial charge in [0, 0.05) is 11.5 Å². The number of hydrogen-bond donors (Lipinski definition) is 1. The average Bonchev–Trinajstić information content (AvgIpc) is 2.39. The maximum absolute atomic E-state index is 5.91. The number of fused-ring (bicyclic) bond motifs is 1. The summed E-state index contributed by atoms with van der Waals surface area (Å²) in [6.45, 7) is 0. The molecular weight excluding hydrogens is 264 g/mol.